The van der Waals surface area contributed by atoms with Crippen LogP contribution >= 0.6 is 0 Å². The number of rotatable bonds is 7. The maximum atomic E-state index is 11.3. The molecule has 0 rings (SSSR count). The van der Waals surface area contributed by atoms with Gasteiger partial charge in [0.15, 0.2) is 0 Å². The molecule has 0 aliphatic heterocycles. The molecular weight excluding hydrogens is 216 g/mol. The Morgan fingerprint density at radius 1 is 1.53 bits per heavy atom. The summed E-state index contributed by atoms with van der Waals surface area (Å²) in [5.41, 5.74) is 5.47. The van der Waals surface area contributed by atoms with Crippen molar-refractivity contribution in [1.82, 2.24) is 5.32 Å². The van der Waals surface area contributed by atoms with Gasteiger partial charge in [0, 0.05) is 35.7 Å². The quantitative estimate of drug-likeness (QED) is 0.608. The summed E-state index contributed by atoms with van der Waals surface area (Å²) in [5, 5.41) is 2.69. The summed E-state index contributed by atoms with van der Waals surface area (Å²) in [7, 11) is 0.388. The Morgan fingerprint density at radius 2 is 2.13 bits per heavy atom. The van der Waals surface area contributed by atoms with Crippen LogP contribution in [0.1, 0.15) is 13.8 Å². The monoisotopic (exact) mass is 236 g/mol. The summed E-state index contributed by atoms with van der Waals surface area (Å²) in [6.45, 7) is 4.05. The fourth-order valence-electron chi connectivity index (χ4n) is 1.11. The molecule has 0 radical (unpaired) electrons. The highest BCUT2D eigenvalue weighted by Gasteiger charge is 2.11. The van der Waals surface area contributed by atoms with Crippen LogP contribution in [0.15, 0.2) is 0 Å². The number of nitrogens with one attached hydrogen (secondary N) is 1. The third-order valence-corrected chi connectivity index (χ3v) is 3.05. The maximum absolute atomic E-state index is 11.3. The summed E-state index contributed by atoms with van der Waals surface area (Å²) < 4.78 is 16.2. The van der Waals surface area contributed by atoms with E-state index in [-0.39, 0.29) is 23.7 Å². The number of ether oxygens (including phenoxy) is 1. The molecule has 0 bridgehead atoms. The minimum atomic E-state index is -1.18. The van der Waals surface area contributed by atoms with Crippen molar-refractivity contribution in [2.24, 2.45) is 5.73 Å². The number of nitrogens with two attached hydrogens (primary N) is 1. The molecule has 0 aliphatic rings. The molecule has 0 saturated heterocycles. The number of carbonyl (C=O) groups excluding carboxylic acids is 1. The lowest BCUT2D eigenvalue weighted by Crippen LogP contribution is -2.39. The fourth-order valence-corrected chi connectivity index (χ4v) is 2.19. The summed E-state index contributed by atoms with van der Waals surface area (Å²) in [4.78, 5) is 11.3. The second-order valence-corrected chi connectivity index (χ2v) is 5.15. The van der Waals surface area contributed by atoms with Gasteiger partial charge in [-0.15, -0.1) is 0 Å². The smallest absolute Gasteiger partial charge is 0.232 e. The van der Waals surface area contributed by atoms with Crippen LogP contribution in [0.3, 0.4) is 0 Å². The lowest BCUT2D eigenvalue weighted by atomic mass is 10.3. The molecule has 0 heterocycles. The van der Waals surface area contributed by atoms with E-state index in [4.69, 9.17) is 10.5 Å². The first-order valence-corrected chi connectivity index (χ1v) is 6.33. The van der Waals surface area contributed by atoms with Crippen molar-refractivity contribution < 1.29 is 13.7 Å². The van der Waals surface area contributed by atoms with Crippen LogP contribution in [0.4, 0.5) is 0 Å². The van der Waals surface area contributed by atoms with E-state index in [0.717, 1.165) is 0 Å². The minimum absolute atomic E-state index is 0.00952. The van der Waals surface area contributed by atoms with E-state index in [0.29, 0.717) is 12.4 Å². The van der Waals surface area contributed by atoms with Crippen LogP contribution in [0.5, 0.6) is 0 Å². The van der Waals surface area contributed by atoms with E-state index >= 15 is 0 Å². The van der Waals surface area contributed by atoms with Crippen LogP contribution in [-0.2, 0) is 20.3 Å². The number of hydrogen-bond acceptors (Lipinski definition) is 4. The van der Waals surface area contributed by atoms with Gasteiger partial charge in [-0.25, -0.2) is 0 Å². The molecule has 0 aromatic heterocycles. The molecule has 0 aromatic rings. The van der Waals surface area contributed by atoms with Crippen LogP contribution in [0.25, 0.3) is 0 Å². The first-order valence-electron chi connectivity index (χ1n) is 4.84. The third kappa shape index (κ3) is 8.53. The van der Waals surface area contributed by atoms with Crippen molar-refractivity contribution in [2.45, 2.75) is 25.9 Å². The first-order chi connectivity index (χ1) is 6.95. The number of hydrogen-bond donors (Lipinski definition) is 2. The van der Waals surface area contributed by atoms with Crippen molar-refractivity contribution in [3.63, 3.8) is 0 Å². The standard InChI is InChI=1S/C9H20N2O3S/c1-7(10)5-15(13)6-9(12)11-8(2)4-14-3/h7-8H,4-6,10H2,1-3H3,(H,11,12). The minimum Gasteiger partial charge on any atom is -0.383 e. The van der Waals surface area contributed by atoms with E-state index < -0.39 is 10.8 Å². The second kappa shape index (κ2) is 7.78. The third-order valence-electron chi connectivity index (χ3n) is 1.56. The predicted molar refractivity (Wildman–Crippen MR) is 61.0 cm³/mol. The van der Waals surface area contributed by atoms with Gasteiger partial charge in [-0.2, -0.15) is 0 Å². The van der Waals surface area contributed by atoms with Gasteiger partial charge in [-0.05, 0) is 13.8 Å². The van der Waals surface area contributed by atoms with Gasteiger partial charge in [-0.3, -0.25) is 9.00 Å². The van der Waals surface area contributed by atoms with Crippen molar-refractivity contribution >= 4 is 16.7 Å². The number of carbonyl (C=O) groups is 1. The largest absolute Gasteiger partial charge is 0.383 e. The molecule has 0 aromatic carbocycles. The van der Waals surface area contributed by atoms with Crippen molar-refractivity contribution in [3.05, 3.63) is 0 Å². The van der Waals surface area contributed by atoms with E-state index in [1.807, 2.05) is 6.92 Å². The Balaban J connectivity index is 3.78. The number of amides is 1. The SMILES string of the molecule is COCC(C)NC(=O)CS(=O)CC(C)N. The van der Waals surface area contributed by atoms with E-state index in [2.05, 4.69) is 5.32 Å². The zero-order chi connectivity index (χ0) is 11.8. The molecule has 0 aliphatic carbocycles. The summed E-state index contributed by atoms with van der Waals surface area (Å²) >= 11 is 0. The Bertz CT molecular complexity index is 221. The highest BCUT2D eigenvalue weighted by atomic mass is 32.2. The van der Waals surface area contributed by atoms with Gasteiger partial charge in [0.25, 0.3) is 0 Å². The molecular formula is C9H20N2O3S. The lowest BCUT2D eigenvalue weighted by molar-refractivity contribution is -0.119. The molecule has 5 nitrogen and oxygen atoms in total. The molecule has 1 amide bonds. The summed E-state index contributed by atoms with van der Waals surface area (Å²) in [6, 6.07) is -0.204. The van der Waals surface area contributed by atoms with Crippen LogP contribution < -0.4 is 11.1 Å². The normalized spacial score (nSPS) is 16.8. The van der Waals surface area contributed by atoms with Crippen LogP contribution in [0.2, 0.25) is 0 Å². The maximum Gasteiger partial charge on any atom is 0.232 e. The number of methoxy groups -OCH3 is 1. The zero-order valence-electron chi connectivity index (χ0n) is 9.49. The molecule has 15 heavy (non-hydrogen) atoms. The molecule has 90 valence electrons. The Morgan fingerprint density at radius 3 is 2.60 bits per heavy atom. The summed E-state index contributed by atoms with van der Waals surface area (Å²) in [6.07, 6.45) is 0. The molecule has 3 atom stereocenters. The zero-order valence-corrected chi connectivity index (χ0v) is 10.3. The molecule has 0 spiro atoms. The van der Waals surface area contributed by atoms with Crippen LogP contribution in [-0.4, -0.2) is 47.4 Å². The van der Waals surface area contributed by atoms with Gasteiger partial charge < -0.3 is 15.8 Å². The van der Waals surface area contributed by atoms with Crippen LogP contribution in [0, 0.1) is 0 Å². The lowest BCUT2D eigenvalue weighted by Gasteiger charge is -2.12. The van der Waals surface area contributed by atoms with E-state index in [1.165, 1.54) is 0 Å². The molecule has 6 heteroatoms. The highest BCUT2D eigenvalue weighted by molar-refractivity contribution is 7.85. The van der Waals surface area contributed by atoms with E-state index in [9.17, 15) is 9.00 Å². The van der Waals surface area contributed by atoms with Gasteiger partial charge in [0.2, 0.25) is 5.91 Å². The topological polar surface area (TPSA) is 81.4 Å². The molecule has 0 saturated carbocycles. The molecule has 0 fully saturated rings. The van der Waals surface area contributed by atoms with Gasteiger partial charge >= 0.3 is 0 Å². The molecule has 3 unspecified atom stereocenters. The Kier molecular flexibility index (Phi) is 7.54. The summed E-state index contributed by atoms with van der Waals surface area (Å²) in [5.74, 6) is 0.139. The van der Waals surface area contributed by atoms with Crippen molar-refractivity contribution in [2.75, 3.05) is 25.2 Å². The van der Waals surface area contributed by atoms with Gasteiger partial charge in [0.1, 0.15) is 5.75 Å². The van der Waals surface area contributed by atoms with E-state index in [1.54, 1.807) is 14.0 Å². The fraction of sp³-hybridized carbons (Fsp3) is 0.889. The van der Waals surface area contributed by atoms with Gasteiger partial charge in [-0.1, -0.05) is 0 Å². The average molecular weight is 236 g/mol. The van der Waals surface area contributed by atoms with Gasteiger partial charge in [0.05, 0.1) is 6.61 Å². The highest BCUT2D eigenvalue weighted by Crippen LogP contribution is 1.88. The molecule has 3 N–H and O–H groups in total. The Hall–Kier alpha value is -0.460. The average Bonchev–Trinajstić information content (AvgIpc) is 2.00. The van der Waals surface area contributed by atoms with Crippen molar-refractivity contribution in [1.29, 1.82) is 0 Å². The second-order valence-electron chi connectivity index (χ2n) is 3.65. The van der Waals surface area contributed by atoms with Crippen molar-refractivity contribution in [3.8, 4) is 0 Å². The first kappa shape index (κ1) is 14.5. The predicted octanol–water partition coefficient (Wildman–Crippen LogP) is -0.767. The Labute approximate surface area is 93.2 Å².